The summed E-state index contributed by atoms with van der Waals surface area (Å²) in [7, 11) is 1.73. The van der Waals surface area contributed by atoms with Crippen molar-refractivity contribution in [2.24, 2.45) is 10.9 Å². The third-order valence-corrected chi connectivity index (χ3v) is 6.26. The minimum Gasteiger partial charge on any atom is -0.354 e. The highest BCUT2D eigenvalue weighted by molar-refractivity contribution is 7.10. The lowest BCUT2D eigenvalue weighted by Gasteiger charge is -2.36. The van der Waals surface area contributed by atoms with E-state index in [-0.39, 0.29) is 12.5 Å². The van der Waals surface area contributed by atoms with Gasteiger partial charge < -0.3 is 16.0 Å². The Kier molecular flexibility index (Phi) is 8.07. The largest absolute Gasteiger partial charge is 0.354 e. The van der Waals surface area contributed by atoms with Crippen LogP contribution in [0.5, 0.6) is 0 Å². The lowest BCUT2D eigenvalue weighted by Crippen LogP contribution is -2.46. The van der Waals surface area contributed by atoms with Gasteiger partial charge in [-0.1, -0.05) is 31.2 Å². The van der Waals surface area contributed by atoms with Crippen molar-refractivity contribution < 1.29 is 4.79 Å². The topological polar surface area (TPSA) is 68.8 Å². The zero-order valence-corrected chi connectivity index (χ0v) is 18.0. The molecule has 0 aliphatic carbocycles. The minimum atomic E-state index is -0.0982. The first-order valence-corrected chi connectivity index (χ1v) is 11.1. The Balaban J connectivity index is 1.51. The number of anilines is 1. The summed E-state index contributed by atoms with van der Waals surface area (Å²) in [5, 5.41) is 11.5. The van der Waals surface area contributed by atoms with Crippen molar-refractivity contribution in [2.45, 2.75) is 25.8 Å². The van der Waals surface area contributed by atoms with Gasteiger partial charge in [0.1, 0.15) is 0 Å². The maximum absolute atomic E-state index is 12.2. The predicted octanol–water partition coefficient (Wildman–Crippen LogP) is 3.32. The fourth-order valence-electron chi connectivity index (χ4n) is 3.54. The van der Waals surface area contributed by atoms with Gasteiger partial charge >= 0.3 is 0 Å². The van der Waals surface area contributed by atoms with Crippen molar-refractivity contribution in [3.05, 3.63) is 52.7 Å². The number of carbonyl (C=O) groups is 1. The van der Waals surface area contributed by atoms with Crippen LogP contribution in [0.4, 0.5) is 5.69 Å². The molecule has 6 nitrogen and oxygen atoms in total. The summed E-state index contributed by atoms with van der Waals surface area (Å²) in [6, 6.07) is 14.1. The van der Waals surface area contributed by atoms with Crippen molar-refractivity contribution in [3.63, 3.8) is 0 Å². The lowest BCUT2D eigenvalue weighted by molar-refractivity contribution is -0.115. The van der Waals surface area contributed by atoms with Gasteiger partial charge in [-0.3, -0.25) is 14.7 Å². The summed E-state index contributed by atoms with van der Waals surface area (Å²) >= 11 is 1.80. The molecule has 3 N–H and O–H groups in total. The van der Waals surface area contributed by atoms with Crippen LogP contribution in [-0.2, 0) is 4.79 Å². The van der Waals surface area contributed by atoms with Crippen LogP contribution in [-0.4, -0.2) is 50.0 Å². The fraction of sp³-hybridized carbons (Fsp3) is 0.455. The second-order valence-corrected chi connectivity index (χ2v) is 8.45. The highest BCUT2D eigenvalue weighted by Gasteiger charge is 2.25. The molecule has 1 unspecified atom stereocenters. The third-order valence-electron chi connectivity index (χ3n) is 5.29. The summed E-state index contributed by atoms with van der Waals surface area (Å²) in [6.07, 6.45) is 2.49. The number of likely N-dealkylation sites (tertiary alicyclic amines) is 1. The van der Waals surface area contributed by atoms with E-state index in [2.05, 4.69) is 50.3 Å². The normalized spacial score (nSPS) is 17.0. The Bertz CT molecular complexity index is 770. The number of aliphatic imine (C=N–C) groups is 1. The van der Waals surface area contributed by atoms with Gasteiger partial charge in [0.25, 0.3) is 0 Å². The molecule has 0 saturated carbocycles. The summed E-state index contributed by atoms with van der Waals surface area (Å²) < 4.78 is 0. The van der Waals surface area contributed by atoms with Gasteiger partial charge in [0.2, 0.25) is 5.91 Å². The van der Waals surface area contributed by atoms with Crippen LogP contribution in [0.1, 0.15) is 30.7 Å². The van der Waals surface area contributed by atoms with Gasteiger partial charge in [0, 0.05) is 24.2 Å². The van der Waals surface area contributed by atoms with E-state index in [1.165, 1.54) is 17.7 Å². The Morgan fingerprint density at radius 2 is 1.93 bits per heavy atom. The molecule has 0 spiro atoms. The highest BCUT2D eigenvalue weighted by atomic mass is 32.1. The number of nitrogens with zero attached hydrogens (tertiary/aromatic N) is 2. The number of amides is 1. The molecule has 3 rings (SSSR count). The van der Waals surface area contributed by atoms with Crippen molar-refractivity contribution in [3.8, 4) is 0 Å². The molecule has 1 amide bonds. The standard InChI is InChI=1S/C22H31N5OS/c1-17-10-12-27(13-11-17)19(20-9-6-14-29-20)15-24-22(23-2)25-16-21(28)26-18-7-4-3-5-8-18/h3-9,14,17,19H,10-13,15-16H2,1-2H3,(H,26,28)(H2,23,24,25). The van der Waals surface area contributed by atoms with E-state index in [4.69, 9.17) is 0 Å². The number of hydrogen-bond donors (Lipinski definition) is 3. The maximum Gasteiger partial charge on any atom is 0.243 e. The average Bonchev–Trinajstić information content (AvgIpc) is 3.27. The SMILES string of the molecule is CN=C(NCC(=O)Nc1ccccc1)NCC(c1cccs1)N1CCC(C)CC1. The van der Waals surface area contributed by atoms with Crippen LogP contribution >= 0.6 is 11.3 Å². The van der Waals surface area contributed by atoms with Gasteiger partial charge in [0.15, 0.2) is 5.96 Å². The van der Waals surface area contributed by atoms with E-state index in [9.17, 15) is 4.79 Å². The van der Waals surface area contributed by atoms with Gasteiger partial charge in [-0.2, -0.15) is 0 Å². The molecule has 1 atom stereocenters. The molecule has 1 fully saturated rings. The Morgan fingerprint density at radius 3 is 2.59 bits per heavy atom. The van der Waals surface area contributed by atoms with E-state index in [0.717, 1.165) is 31.2 Å². The first kappa shape index (κ1) is 21.3. The lowest BCUT2D eigenvalue weighted by atomic mass is 9.97. The minimum absolute atomic E-state index is 0.0982. The number of benzene rings is 1. The monoisotopic (exact) mass is 413 g/mol. The number of thiophene rings is 1. The van der Waals surface area contributed by atoms with E-state index < -0.39 is 0 Å². The van der Waals surface area contributed by atoms with E-state index in [1.807, 2.05) is 30.3 Å². The molecule has 1 aliphatic heterocycles. The van der Waals surface area contributed by atoms with Crippen LogP contribution < -0.4 is 16.0 Å². The molecule has 1 aromatic heterocycles. The summed E-state index contributed by atoms with van der Waals surface area (Å²) in [6.45, 7) is 5.50. The number of guanidine groups is 1. The quantitative estimate of drug-likeness (QED) is 0.481. The molecule has 156 valence electrons. The number of piperidine rings is 1. The molecule has 1 saturated heterocycles. The average molecular weight is 414 g/mol. The summed E-state index contributed by atoms with van der Waals surface area (Å²) in [5.74, 6) is 1.35. The fourth-order valence-corrected chi connectivity index (χ4v) is 4.40. The van der Waals surface area contributed by atoms with E-state index in [0.29, 0.717) is 12.0 Å². The first-order chi connectivity index (χ1) is 14.2. The van der Waals surface area contributed by atoms with Crippen LogP contribution in [0.3, 0.4) is 0 Å². The Morgan fingerprint density at radius 1 is 1.17 bits per heavy atom. The number of hydrogen-bond acceptors (Lipinski definition) is 4. The Hall–Kier alpha value is -2.38. The van der Waals surface area contributed by atoms with Crippen LogP contribution in [0, 0.1) is 5.92 Å². The second kappa shape index (κ2) is 11.0. The first-order valence-electron chi connectivity index (χ1n) is 10.2. The van der Waals surface area contributed by atoms with Crippen molar-refractivity contribution in [2.75, 3.05) is 38.5 Å². The van der Waals surface area contributed by atoms with Crippen LogP contribution in [0.2, 0.25) is 0 Å². The molecular formula is C22H31N5OS. The molecule has 0 bridgehead atoms. The molecule has 1 aromatic carbocycles. The predicted molar refractivity (Wildman–Crippen MR) is 121 cm³/mol. The van der Waals surface area contributed by atoms with Crippen molar-refractivity contribution >= 4 is 28.9 Å². The van der Waals surface area contributed by atoms with Crippen LogP contribution in [0.25, 0.3) is 0 Å². The third kappa shape index (κ3) is 6.58. The van der Waals surface area contributed by atoms with Gasteiger partial charge in [-0.05, 0) is 55.4 Å². The van der Waals surface area contributed by atoms with Gasteiger partial charge in [0.05, 0.1) is 12.6 Å². The van der Waals surface area contributed by atoms with Crippen molar-refractivity contribution in [1.82, 2.24) is 15.5 Å². The number of nitrogens with one attached hydrogen (secondary N) is 3. The van der Waals surface area contributed by atoms with Gasteiger partial charge in [-0.15, -0.1) is 11.3 Å². The molecule has 2 heterocycles. The molecule has 2 aromatic rings. The molecule has 29 heavy (non-hydrogen) atoms. The number of rotatable bonds is 7. The molecule has 1 aliphatic rings. The highest BCUT2D eigenvalue weighted by Crippen LogP contribution is 2.29. The number of para-hydroxylation sites is 1. The summed E-state index contributed by atoms with van der Waals surface area (Å²) in [5.41, 5.74) is 0.791. The smallest absolute Gasteiger partial charge is 0.243 e. The zero-order valence-electron chi connectivity index (χ0n) is 17.2. The van der Waals surface area contributed by atoms with Crippen LogP contribution in [0.15, 0.2) is 52.8 Å². The van der Waals surface area contributed by atoms with Gasteiger partial charge in [-0.25, -0.2) is 0 Å². The van der Waals surface area contributed by atoms with E-state index in [1.54, 1.807) is 18.4 Å². The summed E-state index contributed by atoms with van der Waals surface area (Å²) in [4.78, 5) is 20.4. The molecule has 0 radical (unpaired) electrons. The maximum atomic E-state index is 12.2. The van der Waals surface area contributed by atoms with E-state index >= 15 is 0 Å². The van der Waals surface area contributed by atoms with Crippen molar-refractivity contribution in [1.29, 1.82) is 0 Å². The second-order valence-electron chi connectivity index (χ2n) is 7.47. The molecule has 7 heteroatoms. The molecular weight excluding hydrogens is 382 g/mol. The Labute approximate surface area is 177 Å². The number of carbonyl (C=O) groups excluding carboxylic acids is 1. The zero-order chi connectivity index (χ0) is 20.5.